The van der Waals surface area contributed by atoms with Crippen molar-refractivity contribution in [3.63, 3.8) is 0 Å². The Kier molecular flexibility index (Phi) is 7.04. The van der Waals surface area contributed by atoms with Gasteiger partial charge in [-0.25, -0.2) is 19.6 Å². The van der Waals surface area contributed by atoms with Gasteiger partial charge in [0.15, 0.2) is 11.6 Å². The molecule has 3 N–H and O–H groups in total. The second-order valence-electron chi connectivity index (χ2n) is 9.29. The molecule has 0 saturated carbocycles. The van der Waals surface area contributed by atoms with Crippen LogP contribution in [0.15, 0.2) is 53.6 Å². The average Bonchev–Trinajstić information content (AvgIpc) is 3.17. The Morgan fingerprint density at radius 3 is 2.67 bits per heavy atom. The Balaban J connectivity index is 1.30. The number of anilines is 2. The van der Waals surface area contributed by atoms with E-state index in [9.17, 15) is 9.59 Å². The highest BCUT2D eigenvalue weighted by atomic mass is 35.5. The number of hydrogen-bond acceptors (Lipinski definition) is 8. The van der Waals surface area contributed by atoms with Crippen LogP contribution in [0.25, 0.3) is 16.9 Å². The number of nitriles is 1. The summed E-state index contributed by atoms with van der Waals surface area (Å²) in [4.78, 5) is 41.5. The first-order chi connectivity index (χ1) is 18.8. The van der Waals surface area contributed by atoms with E-state index in [2.05, 4.69) is 15.3 Å². The second kappa shape index (κ2) is 10.6. The van der Waals surface area contributed by atoms with Crippen molar-refractivity contribution < 1.29 is 4.79 Å². The first-order valence-electron chi connectivity index (χ1n) is 12.4. The van der Waals surface area contributed by atoms with Crippen molar-refractivity contribution in [3.8, 4) is 23.0 Å². The zero-order chi connectivity index (χ0) is 27.7. The van der Waals surface area contributed by atoms with Crippen LogP contribution in [0, 0.1) is 18.3 Å². The maximum atomic E-state index is 13.3. The van der Waals surface area contributed by atoms with Crippen LogP contribution in [0.4, 0.5) is 11.6 Å². The number of benzene rings is 1. The summed E-state index contributed by atoms with van der Waals surface area (Å²) in [6, 6.07) is 12.3. The molecule has 39 heavy (non-hydrogen) atoms. The highest BCUT2D eigenvalue weighted by Gasteiger charge is 2.28. The van der Waals surface area contributed by atoms with E-state index in [0.717, 1.165) is 5.56 Å². The van der Waals surface area contributed by atoms with Gasteiger partial charge in [-0.1, -0.05) is 23.7 Å². The number of amides is 1. The summed E-state index contributed by atoms with van der Waals surface area (Å²) in [6.07, 6.45) is 4.39. The number of piperidine rings is 1. The predicted octanol–water partition coefficient (Wildman–Crippen LogP) is 2.84. The van der Waals surface area contributed by atoms with Gasteiger partial charge in [0.25, 0.3) is 11.5 Å². The molecule has 12 heteroatoms. The maximum Gasteiger partial charge on any atom is 0.284 e. The van der Waals surface area contributed by atoms with Gasteiger partial charge in [0.2, 0.25) is 0 Å². The third-order valence-electron chi connectivity index (χ3n) is 6.94. The molecule has 1 saturated heterocycles. The Labute approximate surface area is 229 Å². The third kappa shape index (κ3) is 4.94. The highest BCUT2D eigenvalue weighted by Crippen LogP contribution is 2.27. The number of carbonyl (C=O) groups excluding carboxylic acids is 1. The molecule has 198 valence electrons. The molecule has 3 aromatic heterocycles. The lowest BCUT2D eigenvalue weighted by Crippen LogP contribution is -2.46. The SMILES string of the molecule is Cc1c(C(=O)NC2CCN(c3nc(-c4ccnc(C#N)c4)cnc3N)CC2)c(=O)n(-c2ccccc2Cl)n1C. The summed E-state index contributed by atoms with van der Waals surface area (Å²) >= 11 is 6.32. The average molecular weight is 544 g/mol. The van der Waals surface area contributed by atoms with E-state index in [1.807, 2.05) is 11.0 Å². The van der Waals surface area contributed by atoms with Crippen molar-refractivity contribution in [2.45, 2.75) is 25.8 Å². The summed E-state index contributed by atoms with van der Waals surface area (Å²) in [5.74, 6) is 0.439. The van der Waals surface area contributed by atoms with Crippen LogP contribution in [0.3, 0.4) is 0 Å². The van der Waals surface area contributed by atoms with Crippen LogP contribution in [-0.2, 0) is 7.05 Å². The normalized spacial score (nSPS) is 13.7. The van der Waals surface area contributed by atoms with Crippen LogP contribution in [0.5, 0.6) is 0 Å². The summed E-state index contributed by atoms with van der Waals surface area (Å²) in [5.41, 5.74) is 8.48. The van der Waals surface area contributed by atoms with E-state index in [0.29, 0.717) is 59.7 Å². The molecule has 0 atom stereocenters. The minimum atomic E-state index is -0.423. The van der Waals surface area contributed by atoms with Gasteiger partial charge in [0.1, 0.15) is 17.3 Å². The number of nitrogens with one attached hydrogen (secondary N) is 1. The second-order valence-corrected chi connectivity index (χ2v) is 9.70. The lowest BCUT2D eigenvalue weighted by atomic mass is 10.0. The molecule has 11 nitrogen and oxygen atoms in total. The van der Waals surface area contributed by atoms with E-state index < -0.39 is 11.5 Å². The summed E-state index contributed by atoms with van der Waals surface area (Å²) in [7, 11) is 1.72. The predicted molar refractivity (Wildman–Crippen MR) is 148 cm³/mol. The van der Waals surface area contributed by atoms with Gasteiger partial charge in [-0.2, -0.15) is 5.26 Å². The highest BCUT2D eigenvalue weighted by molar-refractivity contribution is 6.32. The van der Waals surface area contributed by atoms with Crippen LogP contribution >= 0.6 is 11.6 Å². The molecular weight excluding hydrogens is 518 g/mol. The van der Waals surface area contributed by atoms with E-state index in [-0.39, 0.29) is 17.3 Å². The zero-order valence-corrected chi connectivity index (χ0v) is 22.2. The largest absolute Gasteiger partial charge is 0.381 e. The molecule has 1 aliphatic rings. The maximum absolute atomic E-state index is 13.3. The van der Waals surface area contributed by atoms with Gasteiger partial charge in [-0.05, 0) is 44.0 Å². The molecule has 4 heterocycles. The number of nitrogens with zero attached hydrogens (tertiary/aromatic N) is 7. The molecule has 1 aliphatic heterocycles. The standard InChI is InChI=1S/C27H26ClN9O2/c1-16-23(27(39)37(35(16)2)22-6-4-3-5-20(22)28)26(38)33-18-8-11-36(12-9-18)25-24(30)32-15-21(34-25)17-7-10-31-19(13-17)14-29/h3-7,10,13,15,18H,8-9,11-12H2,1-2H3,(H2,30,32)(H,33,38). The number of rotatable bonds is 5. The van der Waals surface area contributed by atoms with Crippen molar-refractivity contribution in [2.24, 2.45) is 7.05 Å². The topological polar surface area (TPSA) is 148 Å². The summed E-state index contributed by atoms with van der Waals surface area (Å²) in [5, 5.41) is 12.6. The van der Waals surface area contributed by atoms with Gasteiger partial charge in [-0.3, -0.25) is 14.3 Å². The lowest BCUT2D eigenvalue weighted by Gasteiger charge is -2.33. The van der Waals surface area contributed by atoms with E-state index in [1.165, 1.54) is 4.68 Å². The third-order valence-corrected chi connectivity index (χ3v) is 7.26. The fourth-order valence-electron chi connectivity index (χ4n) is 4.77. The summed E-state index contributed by atoms with van der Waals surface area (Å²) in [6.45, 7) is 2.92. The van der Waals surface area contributed by atoms with Crippen LogP contribution in [0.1, 0.15) is 34.6 Å². The van der Waals surface area contributed by atoms with Crippen molar-refractivity contribution in [3.05, 3.63) is 81.1 Å². The monoisotopic (exact) mass is 543 g/mol. The van der Waals surface area contributed by atoms with Gasteiger partial charge >= 0.3 is 0 Å². The molecular formula is C27H26ClN9O2. The lowest BCUT2D eigenvalue weighted by molar-refractivity contribution is 0.0929. The van der Waals surface area contributed by atoms with Gasteiger partial charge in [0, 0.05) is 37.9 Å². The van der Waals surface area contributed by atoms with Crippen molar-refractivity contribution >= 4 is 29.1 Å². The van der Waals surface area contributed by atoms with E-state index in [1.54, 1.807) is 67.4 Å². The number of halogens is 1. The Bertz CT molecular complexity index is 1660. The van der Waals surface area contributed by atoms with Crippen LogP contribution < -0.4 is 21.5 Å². The molecule has 1 fully saturated rings. The van der Waals surface area contributed by atoms with E-state index >= 15 is 0 Å². The Hall–Kier alpha value is -4.69. The molecule has 1 amide bonds. The summed E-state index contributed by atoms with van der Waals surface area (Å²) < 4.78 is 3.05. The minimum absolute atomic E-state index is 0.0942. The number of nitrogen functional groups attached to an aromatic ring is 1. The van der Waals surface area contributed by atoms with Crippen LogP contribution in [-0.4, -0.2) is 49.4 Å². The number of carbonyl (C=O) groups is 1. The number of hydrogen-bond donors (Lipinski definition) is 2. The van der Waals surface area contributed by atoms with Gasteiger partial charge < -0.3 is 16.0 Å². The first-order valence-corrected chi connectivity index (χ1v) is 12.7. The Morgan fingerprint density at radius 2 is 1.95 bits per heavy atom. The minimum Gasteiger partial charge on any atom is -0.381 e. The van der Waals surface area contributed by atoms with Crippen molar-refractivity contribution in [2.75, 3.05) is 23.7 Å². The van der Waals surface area contributed by atoms with Crippen LogP contribution in [0.2, 0.25) is 5.02 Å². The molecule has 0 spiro atoms. The molecule has 5 rings (SSSR count). The molecule has 0 unspecified atom stereocenters. The first kappa shape index (κ1) is 25.9. The molecule has 4 aromatic rings. The fraction of sp³-hybridized carbons (Fsp3) is 0.259. The smallest absolute Gasteiger partial charge is 0.284 e. The molecule has 0 aliphatic carbocycles. The Morgan fingerprint density at radius 1 is 1.21 bits per heavy atom. The van der Waals surface area contributed by atoms with Crippen molar-refractivity contribution in [1.29, 1.82) is 5.26 Å². The van der Waals surface area contributed by atoms with Gasteiger partial charge in [-0.15, -0.1) is 0 Å². The quantitative estimate of drug-likeness (QED) is 0.390. The van der Waals surface area contributed by atoms with Crippen molar-refractivity contribution in [1.82, 2.24) is 29.6 Å². The number of aromatic nitrogens is 5. The molecule has 0 bridgehead atoms. The van der Waals surface area contributed by atoms with Gasteiger partial charge in [0.05, 0.1) is 28.3 Å². The number of nitrogens with two attached hydrogens (primary N) is 1. The number of pyridine rings is 1. The molecule has 1 aromatic carbocycles. The van der Waals surface area contributed by atoms with E-state index in [4.69, 9.17) is 27.6 Å². The fourth-order valence-corrected chi connectivity index (χ4v) is 4.99. The molecule has 0 radical (unpaired) electrons. The number of para-hydroxylation sites is 1. The zero-order valence-electron chi connectivity index (χ0n) is 21.4.